The van der Waals surface area contributed by atoms with Crippen molar-refractivity contribution < 1.29 is 4.39 Å². The zero-order valence-electron chi connectivity index (χ0n) is 11.3. The highest BCUT2D eigenvalue weighted by atomic mass is 19.1. The molecule has 3 nitrogen and oxygen atoms in total. The van der Waals surface area contributed by atoms with Crippen molar-refractivity contribution in [3.05, 3.63) is 41.3 Å². The molecule has 3 rings (SSSR count). The molecule has 0 amide bonds. The lowest BCUT2D eigenvalue weighted by Crippen LogP contribution is -2.14. The lowest BCUT2D eigenvalue weighted by atomic mass is 10.0. The second-order valence-corrected chi connectivity index (χ2v) is 5.11. The third kappa shape index (κ3) is 2.06. The molecule has 1 fully saturated rings. The molecule has 1 atom stereocenters. The van der Waals surface area contributed by atoms with Crippen molar-refractivity contribution >= 4 is 0 Å². The Bertz CT molecular complexity index is 597. The van der Waals surface area contributed by atoms with E-state index in [1.54, 1.807) is 10.7 Å². The second-order valence-electron chi connectivity index (χ2n) is 5.11. The maximum absolute atomic E-state index is 14.0. The average molecular weight is 259 g/mol. The molecule has 0 spiro atoms. The van der Waals surface area contributed by atoms with Gasteiger partial charge < -0.3 is 5.32 Å². The first kappa shape index (κ1) is 12.4. The second kappa shape index (κ2) is 4.78. The molecule has 0 radical (unpaired) electrons. The van der Waals surface area contributed by atoms with E-state index in [2.05, 4.69) is 10.4 Å². The Morgan fingerprint density at radius 2 is 2.16 bits per heavy atom. The minimum Gasteiger partial charge on any atom is -0.309 e. The van der Waals surface area contributed by atoms with Gasteiger partial charge in [0.1, 0.15) is 5.82 Å². The molecule has 1 aromatic heterocycles. The predicted octanol–water partition coefficient (Wildman–Crippen LogP) is 2.96. The van der Waals surface area contributed by atoms with Crippen LogP contribution in [0.1, 0.15) is 30.1 Å². The molecule has 1 aliphatic heterocycles. The van der Waals surface area contributed by atoms with Crippen LogP contribution in [0.4, 0.5) is 4.39 Å². The molecular weight excluding hydrogens is 241 g/mol. The molecule has 2 aromatic rings. The van der Waals surface area contributed by atoms with E-state index in [1.807, 2.05) is 26.1 Å². The summed E-state index contributed by atoms with van der Waals surface area (Å²) in [6.45, 7) is 3.07. The summed E-state index contributed by atoms with van der Waals surface area (Å²) in [6.07, 6.45) is 2.28. The summed E-state index contributed by atoms with van der Waals surface area (Å²) in [5.74, 6) is -0.195. The Labute approximate surface area is 112 Å². The summed E-state index contributed by atoms with van der Waals surface area (Å²) in [7, 11) is 1.88. The van der Waals surface area contributed by atoms with Crippen LogP contribution in [0.5, 0.6) is 0 Å². The molecule has 1 aromatic carbocycles. The van der Waals surface area contributed by atoms with Gasteiger partial charge in [0.05, 0.1) is 17.4 Å². The molecule has 1 aliphatic rings. The normalized spacial score (nSPS) is 19.0. The maximum Gasteiger partial charge on any atom is 0.132 e. The van der Waals surface area contributed by atoms with Gasteiger partial charge >= 0.3 is 0 Å². The molecule has 1 unspecified atom stereocenters. The van der Waals surface area contributed by atoms with Gasteiger partial charge in [-0.05, 0) is 44.0 Å². The van der Waals surface area contributed by atoms with E-state index in [0.29, 0.717) is 11.6 Å². The van der Waals surface area contributed by atoms with Crippen LogP contribution in [0.15, 0.2) is 24.3 Å². The molecule has 0 aliphatic carbocycles. The van der Waals surface area contributed by atoms with Crippen molar-refractivity contribution in [2.45, 2.75) is 25.8 Å². The highest BCUT2D eigenvalue weighted by Crippen LogP contribution is 2.32. The zero-order chi connectivity index (χ0) is 13.4. The molecule has 100 valence electrons. The van der Waals surface area contributed by atoms with Crippen molar-refractivity contribution in [1.82, 2.24) is 15.1 Å². The summed E-state index contributed by atoms with van der Waals surface area (Å²) >= 11 is 0. The highest BCUT2D eigenvalue weighted by Gasteiger charge is 2.24. The van der Waals surface area contributed by atoms with Crippen LogP contribution in [0.25, 0.3) is 11.3 Å². The monoisotopic (exact) mass is 259 g/mol. The Balaban J connectivity index is 2.10. The standard InChI is InChI=1S/C15H18FN3/c1-10-14(13-8-5-9-17-13)18-19(2)15(10)11-6-3-4-7-12(11)16/h3-4,6-7,13,17H,5,8-9H2,1-2H3. The Kier molecular flexibility index (Phi) is 3.11. The largest absolute Gasteiger partial charge is 0.309 e. The van der Waals surface area contributed by atoms with Crippen LogP contribution in [-0.2, 0) is 7.05 Å². The minimum atomic E-state index is -0.195. The van der Waals surface area contributed by atoms with E-state index in [1.165, 1.54) is 12.5 Å². The van der Waals surface area contributed by atoms with Gasteiger partial charge in [0.25, 0.3) is 0 Å². The Hall–Kier alpha value is -1.68. The van der Waals surface area contributed by atoms with Crippen molar-refractivity contribution in [2.75, 3.05) is 6.54 Å². The van der Waals surface area contributed by atoms with Gasteiger partial charge in [-0.3, -0.25) is 4.68 Å². The van der Waals surface area contributed by atoms with Gasteiger partial charge in [-0.25, -0.2) is 4.39 Å². The first-order valence-corrected chi connectivity index (χ1v) is 6.70. The first-order chi connectivity index (χ1) is 9.18. The summed E-state index contributed by atoms with van der Waals surface area (Å²) in [5.41, 5.74) is 3.63. The average Bonchev–Trinajstić information content (AvgIpc) is 3.00. The number of benzene rings is 1. The van der Waals surface area contributed by atoms with Gasteiger partial charge in [0.2, 0.25) is 0 Å². The summed E-state index contributed by atoms with van der Waals surface area (Å²) in [5, 5.41) is 8.05. The minimum absolute atomic E-state index is 0.195. The number of rotatable bonds is 2. The number of halogens is 1. The topological polar surface area (TPSA) is 29.9 Å². The van der Waals surface area contributed by atoms with Crippen LogP contribution in [0, 0.1) is 12.7 Å². The van der Waals surface area contributed by atoms with Gasteiger partial charge in [0.15, 0.2) is 0 Å². The van der Waals surface area contributed by atoms with Crippen LogP contribution in [-0.4, -0.2) is 16.3 Å². The summed E-state index contributed by atoms with van der Waals surface area (Å²) < 4.78 is 15.8. The SMILES string of the molecule is Cc1c(C2CCCN2)nn(C)c1-c1ccccc1F. The summed E-state index contributed by atoms with van der Waals surface area (Å²) in [4.78, 5) is 0. The summed E-state index contributed by atoms with van der Waals surface area (Å²) in [6, 6.07) is 7.19. The molecule has 4 heteroatoms. The molecule has 1 saturated heterocycles. The molecule has 19 heavy (non-hydrogen) atoms. The quantitative estimate of drug-likeness (QED) is 0.898. The number of nitrogens with one attached hydrogen (secondary N) is 1. The highest BCUT2D eigenvalue weighted by molar-refractivity contribution is 5.65. The van der Waals surface area contributed by atoms with Crippen LogP contribution in [0.2, 0.25) is 0 Å². The van der Waals surface area contributed by atoms with E-state index in [4.69, 9.17) is 0 Å². The fraction of sp³-hybridized carbons (Fsp3) is 0.400. The number of aryl methyl sites for hydroxylation is 1. The van der Waals surface area contributed by atoms with Crippen LogP contribution < -0.4 is 5.32 Å². The Morgan fingerprint density at radius 1 is 1.37 bits per heavy atom. The number of hydrogen-bond acceptors (Lipinski definition) is 2. The van der Waals surface area contributed by atoms with E-state index < -0.39 is 0 Å². The smallest absolute Gasteiger partial charge is 0.132 e. The van der Waals surface area contributed by atoms with E-state index in [9.17, 15) is 4.39 Å². The van der Waals surface area contributed by atoms with Crippen molar-refractivity contribution in [3.63, 3.8) is 0 Å². The van der Waals surface area contributed by atoms with E-state index in [0.717, 1.165) is 29.9 Å². The molecule has 2 heterocycles. The maximum atomic E-state index is 14.0. The van der Waals surface area contributed by atoms with Crippen molar-refractivity contribution in [1.29, 1.82) is 0 Å². The molecule has 0 saturated carbocycles. The van der Waals surface area contributed by atoms with Gasteiger partial charge in [-0.1, -0.05) is 12.1 Å². The molecular formula is C15H18FN3. The fourth-order valence-electron chi connectivity index (χ4n) is 2.93. The Morgan fingerprint density at radius 3 is 2.84 bits per heavy atom. The van der Waals surface area contributed by atoms with E-state index in [-0.39, 0.29) is 5.82 Å². The number of hydrogen-bond donors (Lipinski definition) is 1. The zero-order valence-corrected chi connectivity index (χ0v) is 11.3. The van der Waals surface area contributed by atoms with Crippen molar-refractivity contribution in [2.24, 2.45) is 7.05 Å². The lowest BCUT2D eigenvalue weighted by molar-refractivity contribution is 0.604. The van der Waals surface area contributed by atoms with Gasteiger partial charge in [-0.2, -0.15) is 5.10 Å². The van der Waals surface area contributed by atoms with Gasteiger partial charge in [-0.15, -0.1) is 0 Å². The fourth-order valence-corrected chi connectivity index (χ4v) is 2.93. The van der Waals surface area contributed by atoms with Crippen LogP contribution >= 0.6 is 0 Å². The lowest BCUT2D eigenvalue weighted by Gasteiger charge is -2.08. The van der Waals surface area contributed by atoms with E-state index >= 15 is 0 Å². The van der Waals surface area contributed by atoms with Crippen LogP contribution in [0.3, 0.4) is 0 Å². The first-order valence-electron chi connectivity index (χ1n) is 6.70. The number of aromatic nitrogens is 2. The third-order valence-corrected chi connectivity index (χ3v) is 3.84. The van der Waals surface area contributed by atoms with Crippen molar-refractivity contribution in [3.8, 4) is 11.3 Å². The molecule has 1 N–H and O–H groups in total. The number of nitrogens with zero attached hydrogens (tertiary/aromatic N) is 2. The van der Waals surface area contributed by atoms with Gasteiger partial charge in [0, 0.05) is 12.6 Å². The predicted molar refractivity (Wildman–Crippen MR) is 73.3 cm³/mol. The third-order valence-electron chi connectivity index (χ3n) is 3.84. The molecule has 0 bridgehead atoms.